The van der Waals surface area contributed by atoms with Crippen molar-refractivity contribution in [2.45, 2.75) is 40.7 Å². The largest absolute Gasteiger partial charge is 0.367 e. The lowest BCUT2D eigenvalue weighted by molar-refractivity contribution is 0.309. The highest BCUT2D eigenvalue weighted by Crippen LogP contribution is 2.28. The molecule has 0 aromatic heterocycles. The summed E-state index contributed by atoms with van der Waals surface area (Å²) in [4.78, 5) is 2.40. The molecule has 0 aliphatic carbocycles. The molecule has 2 N–H and O–H groups in total. The summed E-state index contributed by atoms with van der Waals surface area (Å²) >= 11 is 0. The Kier molecular flexibility index (Phi) is 4.58. The van der Waals surface area contributed by atoms with E-state index in [0.717, 1.165) is 6.54 Å². The van der Waals surface area contributed by atoms with Gasteiger partial charge in [0.2, 0.25) is 0 Å². The summed E-state index contributed by atoms with van der Waals surface area (Å²) in [5.41, 5.74) is 8.71. The van der Waals surface area contributed by atoms with Gasteiger partial charge in [-0.25, -0.2) is 0 Å². The molecule has 0 saturated heterocycles. The zero-order valence-electron chi connectivity index (χ0n) is 11.8. The molecule has 0 heterocycles. The second kappa shape index (κ2) is 5.54. The van der Waals surface area contributed by atoms with Crippen LogP contribution in [0.25, 0.3) is 0 Å². The average molecular weight is 234 g/mol. The first kappa shape index (κ1) is 14.0. The molecule has 2 heteroatoms. The molecule has 1 unspecified atom stereocenters. The van der Waals surface area contributed by atoms with E-state index in [2.05, 4.69) is 63.8 Å². The highest BCUT2D eigenvalue weighted by atomic mass is 15.2. The Morgan fingerprint density at radius 2 is 1.71 bits per heavy atom. The molecule has 1 atom stereocenters. The van der Waals surface area contributed by atoms with Crippen LogP contribution in [0, 0.1) is 12.3 Å². The molecule has 0 bridgehead atoms. The molecule has 1 rings (SSSR count). The lowest BCUT2D eigenvalue weighted by atomic mass is 9.85. The highest BCUT2D eigenvalue weighted by Gasteiger charge is 2.28. The number of hydrogen-bond acceptors (Lipinski definition) is 2. The average Bonchev–Trinajstić information content (AvgIpc) is 2.25. The van der Waals surface area contributed by atoms with Gasteiger partial charge in [-0.2, -0.15) is 0 Å². The van der Waals surface area contributed by atoms with Gasteiger partial charge in [0.05, 0.1) is 0 Å². The number of hydrogen-bond donors (Lipinski definition) is 1. The van der Waals surface area contributed by atoms with Crippen LogP contribution in [0.1, 0.15) is 33.3 Å². The van der Waals surface area contributed by atoms with Gasteiger partial charge in [-0.1, -0.05) is 38.5 Å². The van der Waals surface area contributed by atoms with Crippen molar-refractivity contribution in [1.29, 1.82) is 0 Å². The molecule has 0 aliphatic heterocycles. The minimum absolute atomic E-state index is 0.190. The number of nitrogens with zero attached hydrogens (tertiary/aromatic N) is 1. The van der Waals surface area contributed by atoms with Crippen LogP contribution < -0.4 is 10.6 Å². The molecule has 0 radical (unpaired) electrons. The van der Waals surface area contributed by atoms with Crippen molar-refractivity contribution in [2.24, 2.45) is 11.1 Å². The summed E-state index contributed by atoms with van der Waals surface area (Å²) < 4.78 is 0. The van der Waals surface area contributed by atoms with E-state index < -0.39 is 0 Å². The van der Waals surface area contributed by atoms with Gasteiger partial charge in [0.1, 0.15) is 0 Å². The molecule has 0 saturated carbocycles. The van der Waals surface area contributed by atoms with Gasteiger partial charge in [0.25, 0.3) is 0 Å². The summed E-state index contributed by atoms with van der Waals surface area (Å²) in [5.74, 6) is 0. The van der Waals surface area contributed by atoms with E-state index in [0.29, 0.717) is 12.6 Å². The van der Waals surface area contributed by atoms with Gasteiger partial charge in [0, 0.05) is 24.8 Å². The van der Waals surface area contributed by atoms with Gasteiger partial charge < -0.3 is 10.6 Å². The third-order valence-corrected chi connectivity index (χ3v) is 3.31. The van der Waals surface area contributed by atoms with Crippen LogP contribution in [0.4, 0.5) is 5.69 Å². The van der Waals surface area contributed by atoms with Crippen molar-refractivity contribution < 1.29 is 0 Å². The van der Waals surface area contributed by atoms with Gasteiger partial charge in [-0.05, 0) is 31.4 Å². The molecular weight excluding hydrogens is 208 g/mol. The molecule has 0 aliphatic rings. The topological polar surface area (TPSA) is 29.3 Å². The fourth-order valence-electron chi connectivity index (χ4n) is 2.27. The number of likely N-dealkylation sites (N-methyl/N-ethyl adjacent to an activating group) is 1. The maximum absolute atomic E-state index is 5.96. The van der Waals surface area contributed by atoms with Gasteiger partial charge in [-0.15, -0.1) is 0 Å². The molecule has 1 aromatic rings. The monoisotopic (exact) mass is 234 g/mol. The third kappa shape index (κ3) is 3.47. The van der Waals surface area contributed by atoms with Crippen molar-refractivity contribution in [3.05, 3.63) is 29.8 Å². The van der Waals surface area contributed by atoms with Crippen molar-refractivity contribution >= 4 is 5.69 Å². The van der Waals surface area contributed by atoms with Crippen molar-refractivity contribution in [3.63, 3.8) is 0 Å². The molecule has 0 fully saturated rings. The van der Waals surface area contributed by atoms with Crippen LogP contribution in [-0.2, 0) is 0 Å². The van der Waals surface area contributed by atoms with E-state index in [1.807, 2.05) is 0 Å². The van der Waals surface area contributed by atoms with E-state index in [4.69, 9.17) is 5.73 Å². The smallest absolute Gasteiger partial charge is 0.0460 e. The zero-order valence-corrected chi connectivity index (χ0v) is 11.8. The van der Waals surface area contributed by atoms with E-state index >= 15 is 0 Å². The minimum atomic E-state index is 0.190. The standard InChI is InChI=1S/C15H26N2/c1-6-17(14(11-16)15(3,4)5)13-9-7-12(2)8-10-13/h7-10,14H,6,11,16H2,1-5H3. The van der Waals surface area contributed by atoms with Crippen molar-refractivity contribution in [1.82, 2.24) is 0 Å². The Morgan fingerprint density at radius 1 is 1.18 bits per heavy atom. The van der Waals surface area contributed by atoms with Crippen LogP contribution in [0.15, 0.2) is 24.3 Å². The number of anilines is 1. The Labute approximate surface area is 106 Å². The lowest BCUT2D eigenvalue weighted by Crippen LogP contribution is -2.49. The predicted molar refractivity (Wildman–Crippen MR) is 76.5 cm³/mol. The Balaban J connectivity index is 3.01. The van der Waals surface area contributed by atoms with Crippen molar-refractivity contribution in [2.75, 3.05) is 18.0 Å². The molecular formula is C15H26N2. The van der Waals surface area contributed by atoms with E-state index in [1.54, 1.807) is 0 Å². The van der Waals surface area contributed by atoms with Gasteiger partial charge >= 0.3 is 0 Å². The summed E-state index contributed by atoms with van der Waals surface area (Å²) in [5, 5.41) is 0. The minimum Gasteiger partial charge on any atom is -0.367 e. The van der Waals surface area contributed by atoms with Crippen LogP contribution in [0.5, 0.6) is 0 Å². The second-order valence-electron chi connectivity index (χ2n) is 5.74. The van der Waals surface area contributed by atoms with E-state index in [-0.39, 0.29) is 5.41 Å². The van der Waals surface area contributed by atoms with E-state index in [1.165, 1.54) is 11.3 Å². The van der Waals surface area contributed by atoms with Crippen LogP contribution in [-0.4, -0.2) is 19.1 Å². The maximum Gasteiger partial charge on any atom is 0.0460 e. The molecule has 96 valence electrons. The Bertz CT molecular complexity index is 335. The quantitative estimate of drug-likeness (QED) is 0.867. The summed E-state index contributed by atoms with van der Waals surface area (Å²) in [6, 6.07) is 9.07. The summed E-state index contributed by atoms with van der Waals surface area (Å²) in [6.45, 7) is 12.7. The number of benzene rings is 1. The number of nitrogens with two attached hydrogens (primary N) is 1. The van der Waals surface area contributed by atoms with Crippen molar-refractivity contribution in [3.8, 4) is 0 Å². The fourth-order valence-corrected chi connectivity index (χ4v) is 2.27. The SMILES string of the molecule is CCN(c1ccc(C)cc1)C(CN)C(C)(C)C. The predicted octanol–water partition coefficient (Wildman–Crippen LogP) is 3.19. The number of aryl methyl sites for hydroxylation is 1. The van der Waals surface area contributed by atoms with Crippen LogP contribution in [0.2, 0.25) is 0 Å². The second-order valence-corrected chi connectivity index (χ2v) is 5.74. The van der Waals surface area contributed by atoms with Gasteiger partial charge in [-0.3, -0.25) is 0 Å². The van der Waals surface area contributed by atoms with E-state index in [9.17, 15) is 0 Å². The summed E-state index contributed by atoms with van der Waals surface area (Å²) in [6.07, 6.45) is 0. The van der Waals surface area contributed by atoms with Gasteiger partial charge in [0.15, 0.2) is 0 Å². The lowest BCUT2D eigenvalue weighted by Gasteiger charge is -2.40. The fraction of sp³-hybridized carbons (Fsp3) is 0.600. The molecule has 0 amide bonds. The molecule has 0 spiro atoms. The molecule has 1 aromatic carbocycles. The molecule has 2 nitrogen and oxygen atoms in total. The van der Waals surface area contributed by atoms with Crippen LogP contribution >= 0.6 is 0 Å². The van der Waals surface area contributed by atoms with Crippen LogP contribution in [0.3, 0.4) is 0 Å². The highest BCUT2D eigenvalue weighted by molar-refractivity contribution is 5.48. The Morgan fingerprint density at radius 3 is 2.06 bits per heavy atom. The molecule has 17 heavy (non-hydrogen) atoms. The zero-order chi connectivity index (χ0) is 13.1. The summed E-state index contributed by atoms with van der Waals surface area (Å²) in [7, 11) is 0. The maximum atomic E-state index is 5.96. The first-order valence-electron chi connectivity index (χ1n) is 6.43. The first-order chi connectivity index (χ1) is 7.90. The number of rotatable bonds is 4. The first-order valence-corrected chi connectivity index (χ1v) is 6.43. The Hall–Kier alpha value is -1.02. The third-order valence-electron chi connectivity index (χ3n) is 3.31. The normalized spacial score (nSPS) is 13.5.